The van der Waals surface area contributed by atoms with Gasteiger partial charge in [-0.15, -0.1) is 0 Å². The summed E-state index contributed by atoms with van der Waals surface area (Å²) < 4.78 is 0. The summed E-state index contributed by atoms with van der Waals surface area (Å²) >= 11 is 0. The lowest BCUT2D eigenvalue weighted by atomic mass is 10.0. The van der Waals surface area contributed by atoms with Crippen LogP contribution < -0.4 is 0 Å². The summed E-state index contributed by atoms with van der Waals surface area (Å²) in [6.07, 6.45) is 3.29. The summed E-state index contributed by atoms with van der Waals surface area (Å²) in [4.78, 5) is 0. The number of aryl methyl sites for hydroxylation is 2. The molecule has 0 heterocycles. The summed E-state index contributed by atoms with van der Waals surface area (Å²) in [5, 5.41) is 55.0. The van der Waals surface area contributed by atoms with E-state index in [-0.39, 0.29) is 34.5 Å². The lowest BCUT2D eigenvalue weighted by molar-refractivity contribution is 0.443. The van der Waals surface area contributed by atoms with E-state index in [2.05, 4.69) is 13.8 Å². The fourth-order valence-electron chi connectivity index (χ4n) is 2.49. The van der Waals surface area contributed by atoms with Gasteiger partial charge in [0.2, 0.25) is 0 Å². The molecule has 6 N–H and O–H groups in total. The van der Waals surface area contributed by atoms with Crippen molar-refractivity contribution in [3.8, 4) is 34.5 Å². The summed E-state index contributed by atoms with van der Waals surface area (Å²) in [6, 6.07) is 14.9. The predicted octanol–water partition coefficient (Wildman–Crippen LogP) is 5.20. The lowest BCUT2D eigenvalue weighted by Gasteiger charge is -2.07. The Morgan fingerprint density at radius 1 is 0.533 bits per heavy atom. The van der Waals surface area contributed by atoms with E-state index in [0.29, 0.717) is 12.8 Å². The fraction of sp³-hybridized carbons (Fsp3) is 0.250. The van der Waals surface area contributed by atoms with Gasteiger partial charge in [0.15, 0.2) is 0 Å². The largest absolute Gasteiger partial charge is 0.508 e. The lowest BCUT2D eigenvalue weighted by Crippen LogP contribution is -1.91. The van der Waals surface area contributed by atoms with Crippen molar-refractivity contribution in [2.75, 3.05) is 0 Å². The van der Waals surface area contributed by atoms with Crippen LogP contribution in [0.15, 0.2) is 60.7 Å². The van der Waals surface area contributed by atoms with Crippen LogP contribution in [0.1, 0.15) is 37.8 Å². The van der Waals surface area contributed by atoms with Gasteiger partial charge in [0.05, 0.1) is 0 Å². The van der Waals surface area contributed by atoms with Gasteiger partial charge in [-0.3, -0.25) is 0 Å². The Morgan fingerprint density at radius 2 is 0.900 bits per heavy atom. The molecule has 0 saturated heterocycles. The zero-order valence-corrected chi connectivity index (χ0v) is 17.3. The number of rotatable bonds is 4. The van der Waals surface area contributed by atoms with Crippen LogP contribution in [-0.2, 0) is 12.8 Å². The molecule has 6 heteroatoms. The molecule has 0 amide bonds. The third kappa shape index (κ3) is 9.10. The van der Waals surface area contributed by atoms with Crippen LogP contribution in [0.2, 0.25) is 0 Å². The average molecular weight is 414 g/mol. The number of hydrogen-bond donors (Lipinski definition) is 6. The maximum Gasteiger partial charge on any atom is 0.122 e. The first-order valence-electron chi connectivity index (χ1n) is 9.76. The smallest absolute Gasteiger partial charge is 0.122 e. The van der Waals surface area contributed by atoms with Crippen LogP contribution in [0.25, 0.3) is 0 Å². The van der Waals surface area contributed by atoms with E-state index >= 15 is 0 Å². The van der Waals surface area contributed by atoms with Crippen molar-refractivity contribution >= 4 is 0 Å². The van der Waals surface area contributed by atoms with Gasteiger partial charge < -0.3 is 30.6 Å². The minimum absolute atomic E-state index is 0.0393. The molecule has 3 aromatic rings. The maximum absolute atomic E-state index is 9.64. The molecule has 162 valence electrons. The molecular weight excluding hydrogens is 384 g/mol. The number of aromatic hydroxyl groups is 6. The van der Waals surface area contributed by atoms with E-state index in [4.69, 9.17) is 10.2 Å². The summed E-state index contributed by atoms with van der Waals surface area (Å²) in [5.74, 6) is 0.412. The second kappa shape index (κ2) is 12.8. The van der Waals surface area contributed by atoms with Crippen molar-refractivity contribution < 1.29 is 30.6 Å². The highest BCUT2D eigenvalue weighted by atomic mass is 16.3. The minimum atomic E-state index is 0.0393. The van der Waals surface area contributed by atoms with Crippen molar-refractivity contribution in [3.05, 3.63) is 71.8 Å². The molecule has 30 heavy (non-hydrogen) atoms. The number of phenolic OH excluding ortho intramolecular Hbond substituents is 6. The highest BCUT2D eigenvalue weighted by Gasteiger charge is 2.05. The molecule has 3 rings (SSSR count). The van der Waals surface area contributed by atoms with Gasteiger partial charge >= 0.3 is 0 Å². The molecule has 0 unspecified atom stereocenters. The van der Waals surface area contributed by atoms with E-state index in [1.807, 2.05) is 0 Å². The van der Waals surface area contributed by atoms with Gasteiger partial charge in [-0.1, -0.05) is 38.5 Å². The van der Waals surface area contributed by atoms with Crippen LogP contribution in [0, 0.1) is 0 Å². The average Bonchev–Trinajstić information content (AvgIpc) is 2.66. The molecule has 0 spiro atoms. The molecular formula is C24H30O6. The number of phenols is 6. The van der Waals surface area contributed by atoms with Gasteiger partial charge in [0.25, 0.3) is 0 Å². The van der Waals surface area contributed by atoms with Crippen molar-refractivity contribution in [3.63, 3.8) is 0 Å². The van der Waals surface area contributed by atoms with Gasteiger partial charge in [0, 0.05) is 18.2 Å². The van der Waals surface area contributed by atoms with Gasteiger partial charge in [-0.05, 0) is 54.7 Å². The predicted molar refractivity (Wildman–Crippen MR) is 117 cm³/mol. The van der Waals surface area contributed by atoms with Gasteiger partial charge in [0.1, 0.15) is 34.5 Å². The SMILES string of the molecule is CCC.Oc1ccc(CCCc2ccc(O)cc2O)c(O)c1.Oc1cccc(O)c1. The highest BCUT2D eigenvalue weighted by molar-refractivity contribution is 5.40. The molecule has 0 aliphatic rings. The van der Waals surface area contributed by atoms with Crippen molar-refractivity contribution in [1.82, 2.24) is 0 Å². The second-order valence-corrected chi connectivity index (χ2v) is 6.71. The molecule has 0 radical (unpaired) electrons. The van der Waals surface area contributed by atoms with E-state index in [1.54, 1.807) is 18.2 Å². The third-order valence-corrected chi connectivity index (χ3v) is 3.86. The fourth-order valence-corrected chi connectivity index (χ4v) is 2.49. The van der Waals surface area contributed by atoms with Gasteiger partial charge in [-0.2, -0.15) is 0 Å². The maximum atomic E-state index is 9.64. The quantitative estimate of drug-likeness (QED) is 0.349. The Balaban J connectivity index is 0.000000338. The zero-order valence-electron chi connectivity index (χ0n) is 17.3. The number of hydrogen-bond acceptors (Lipinski definition) is 6. The van der Waals surface area contributed by atoms with Crippen LogP contribution in [0.3, 0.4) is 0 Å². The Kier molecular flexibility index (Phi) is 10.5. The van der Waals surface area contributed by atoms with Gasteiger partial charge in [-0.25, -0.2) is 0 Å². The molecule has 0 saturated carbocycles. The Bertz CT molecular complexity index is 839. The van der Waals surface area contributed by atoms with E-state index < -0.39 is 0 Å². The van der Waals surface area contributed by atoms with Crippen molar-refractivity contribution in [2.24, 2.45) is 0 Å². The molecule has 3 aromatic carbocycles. The molecule has 0 aliphatic carbocycles. The van der Waals surface area contributed by atoms with E-state index in [1.165, 1.54) is 48.9 Å². The van der Waals surface area contributed by atoms with Crippen molar-refractivity contribution in [1.29, 1.82) is 0 Å². The minimum Gasteiger partial charge on any atom is -0.508 e. The summed E-state index contributed by atoms with van der Waals surface area (Å²) in [6.45, 7) is 4.25. The van der Waals surface area contributed by atoms with Crippen LogP contribution in [-0.4, -0.2) is 30.6 Å². The highest BCUT2D eigenvalue weighted by Crippen LogP contribution is 2.26. The normalized spacial score (nSPS) is 9.67. The van der Waals surface area contributed by atoms with E-state index in [9.17, 15) is 20.4 Å². The monoisotopic (exact) mass is 414 g/mol. The molecule has 0 fully saturated rings. The molecule has 0 aliphatic heterocycles. The van der Waals surface area contributed by atoms with Crippen LogP contribution in [0.5, 0.6) is 34.5 Å². The molecule has 0 aromatic heterocycles. The zero-order chi connectivity index (χ0) is 22.5. The first-order valence-corrected chi connectivity index (χ1v) is 9.76. The topological polar surface area (TPSA) is 121 Å². The molecule has 0 atom stereocenters. The summed E-state index contributed by atoms with van der Waals surface area (Å²) in [5.41, 5.74) is 1.52. The molecule has 0 bridgehead atoms. The Labute approximate surface area is 177 Å². The Morgan fingerprint density at radius 3 is 1.20 bits per heavy atom. The number of benzene rings is 3. The molecule has 6 nitrogen and oxygen atoms in total. The van der Waals surface area contributed by atoms with Crippen LogP contribution >= 0.6 is 0 Å². The third-order valence-electron chi connectivity index (χ3n) is 3.86. The first kappa shape index (κ1) is 24.5. The Hall–Kier alpha value is -3.54. The standard InChI is InChI=1S/C15H16O4.C6H6O2.C3H8/c16-12-6-4-10(14(18)8-12)2-1-3-11-5-7-13(17)9-15(11)19;7-5-2-1-3-6(8)4-5;1-3-2/h4-9,16-19H,1-3H2;1-4,7-8H;3H2,1-2H3. The first-order chi connectivity index (χ1) is 14.3. The summed E-state index contributed by atoms with van der Waals surface area (Å²) in [7, 11) is 0. The second-order valence-electron chi connectivity index (χ2n) is 6.71. The van der Waals surface area contributed by atoms with Crippen molar-refractivity contribution in [2.45, 2.75) is 39.5 Å². The van der Waals surface area contributed by atoms with Crippen LogP contribution in [0.4, 0.5) is 0 Å². The van der Waals surface area contributed by atoms with E-state index in [0.717, 1.165) is 17.5 Å².